The van der Waals surface area contributed by atoms with Gasteiger partial charge in [0.2, 0.25) is 0 Å². The third kappa shape index (κ3) is 4.35. The van der Waals surface area contributed by atoms with Gasteiger partial charge in [0.15, 0.2) is 11.3 Å². The monoisotopic (exact) mass is 470 g/mol. The molecule has 0 radical (unpaired) electrons. The normalized spacial score (nSPS) is 18.3. The molecule has 0 amide bonds. The number of fused-ring (bicyclic) bond motifs is 1. The highest BCUT2D eigenvalue weighted by Crippen LogP contribution is 2.35. The van der Waals surface area contributed by atoms with Crippen LogP contribution >= 0.6 is 23.4 Å². The third-order valence-electron chi connectivity index (χ3n) is 5.33. The van der Waals surface area contributed by atoms with Gasteiger partial charge < -0.3 is 15.0 Å². The first-order valence-corrected chi connectivity index (χ1v) is 11.8. The van der Waals surface area contributed by atoms with E-state index in [0.717, 1.165) is 47.7 Å². The van der Waals surface area contributed by atoms with Gasteiger partial charge in [0.1, 0.15) is 22.3 Å². The quantitative estimate of drug-likeness (QED) is 0.393. The average molecular weight is 471 g/mol. The van der Waals surface area contributed by atoms with E-state index in [9.17, 15) is 0 Å². The van der Waals surface area contributed by atoms with Crippen LogP contribution in [0.15, 0.2) is 26.2 Å². The van der Waals surface area contributed by atoms with Crippen molar-refractivity contribution < 1.29 is 4.74 Å². The van der Waals surface area contributed by atoms with Gasteiger partial charge in [-0.1, -0.05) is 18.5 Å². The molecule has 9 nitrogen and oxygen atoms in total. The summed E-state index contributed by atoms with van der Waals surface area (Å²) in [5, 5.41) is 6.20. The van der Waals surface area contributed by atoms with Gasteiger partial charge in [-0.15, -0.1) is 0 Å². The van der Waals surface area contributed by atoms with Crippen molar-refractivity contribution in [2.75, 3.05) is 18.5 Å². The molecular formula is C21H23ClN8OS. The van der Waals surface area contributed by atoms with Crippen LogP contribution < -0.4 is 5.32 Å². The zero-order valence-electron chi connectivity index (χ0n) is 17.8. The number of nitrogens with zero attached hydrogens (tertiary/aromatic N) is 6. The van der Waals surface area contributed by atoms with E-state index in [2.05, 4.69) is 37.2 Å². The SMILES string of the molecule is CCc1[nH]c2nc(Sc3cc(C4N=CC=N4)nc(C)n3)nc(NCC3CCCO3)c2c1Cl. The molecule has 5 heterocycles. The van der Waals surface area contributed by atoms with Gasteiger partial charge in [-0.05, 0) is 44.0 Å². The molecule has 1 atom stereocenters. The van der Waals surface area contributed by atoms with Crippen LogP contribution in [0.25, 0.3) is 11.0 Å². The molecule has 1 saturated heterocycles. The number of anilines is 1. The summed E-state index contributed by atoms with van der Waals surface area (Å²) in [4.78, 5) is 30.5. The molecule has 0 saturated carbocycles. The minimum Gasteiger partial charge on any atom is -0.376 e. The van der Waals surface area contributed by atoms with Gasteiger partial charge in [-0.3, -0.25) is 9.98 Å². The van der Waals surface area contributed by atoms with E-state index in [-0.39, 0.29) is 12.3 Å². The van der Waals surface area contributed by atoms with Crippen LogP contribution in [0.2, 0.25) is 5.02 Å². The van der Waals surface area contributed by atoms with Gasteiger partial charge in [0, 0.05) is 31.3 Å². The number of aromatic nitrogens is 5. The summed E-state index contributed by atoms with van der Waals surface area (Å²) in [5.74, 6) is 1.35. The fourth-order valence-corrected chi connectivity index (χ4v) is 4.97. The number of aliphatic imine (C=N–C) groups is 2. The first-order valence-electron chi connectivity index (χ1n) is 10.6. The fraction of sp³-hybridized carbons (Fsp3) is 0.429. The highest BCUT2D eigenvalue weighted by molar-refractivity contribution is 7.99. The highest BCUT2D eigenvalue weighted by Gasteiger charge is 2.21. The summed E-state index contributed by atoms with van der Waals surface area (Å²) >= 11 is 8.02. The molecule has 0 bridgehead atoms. The molecule has 32 heavy (non-hydrogen) atoms. The average Bonchev–Trinajstić information content (AvgIpc) is 3.53. The first-order chi connectivity index (χ1) is 15.6. The van der Waals surface area contributed by atoms with Crippen LogP contribution in [0, 0.1) is 6.92 Å². The lowest BCUT2D eigenvalue weighted by Crippen LogP contribution is -2.19. The van der Waals surface area contributed by atoms with Crippen LogP contribution in [-0.2, 0) is 11.2 Å². The maximum Gasteiger partial charge on any atom is 0.197 e. The van der Waals surface area contributed by atoms with Gasteiger partial charge in [-0.25, -0.2) is 19.9 Å². The molecule has 166 valence electrons. The minimum absolute atomic E-state index is 0.180. The van der Waals surface area contributed by atoms with Crippen molar-refractivity contribution in [3.8, 4) is 0 Å². The van der Waals surface area contributed by atoms with Crippen molar-refractivity contribution in [3.63, 3.8) is 0 Å². The second-order valence-corrected chi connectivity index (χ2v) is 8.98. The predicted octanol–water partition coefficient (Wildman–Crippen LogP) is 4.17. The van der Waals surface area contributed by atoms with Crippen molar-refractivity contribution in [1.82, 2.24) is 24.9 Å². The first kappa shape index (κ1) is 21.3. The fourth-order valence-electron chi connectivity index (χ4n) is 3.79. The maximum absolute atomic E-state index is 6.65. The molecule has 0 aliphatic carbocycles. The smallest absolute Gasteiger partial charge is 0.197 e. The lowest BCUT2D eigenvalue weighted by atomic mass is 10.2. The Bertz CT molecular complexity index is 1190. The Morgan fingerprint density at radius 1 is 1.22 bits per heavy atom. The third-order valence-corrected chi connectivity index (χ3v) is 6.53. The Morgan fingerprint density at radius 3 is 2.81 bits per heavy atom. The van der Waals surface area contributed by atoms with Crippen molar-refractivity contribution >= 4 is 52.6 Å². The molecule has 2 aliphatic heterocycles. The Balaban J connectivity index is 1.48. The summed E-state index contributed by atoms with van der Waals surface area (Å²) < 4.78 is 5.75. The maximum atomic E-state index is 6.65. The zero-order chi connectivity index (χ0) is 22.1. The second-order valence-electron chi connectivity index (χ2n) is 7.62. The summed E-state index contributed by atoms with van der Waals surface area (Å²) in [6.07, 6.45) is 6.12. The lowest BCUT2D eigenvalue weighted by Gasteiger charge is -2.13. The van der Waals surface area contributed by atoms with Crippen LogP contribution in [0.3, 0.4) is 0 Å². The van der Waals surface area contributed by atoms with Gasteiger partial charge in [0.25, 0.3) is 0 Å². The number of nitrogens with one attached hydrogen (secondary N) is 2. The van der Waals surface area contributed by atoms with Crippen molar-refractivity contribution in [1.29, 1.82) is 0 Å². The number of aryl methyl sites for hydroxylation is 2. The zero-order valence-corrected chi connectivity index (χ0v) is 19.4. The van der Waals surface area contributed by atoms with Crippen LogP contribution in [0.1, 0.15) is 43.1 Å². The second kappa shape index (κ2) is 9.13. The molecule has 0 aromatic carbocycles. The largest absolute Gasteiger partial charge is 0.376 e. The van der Waals surface area contributed by atoms with Crippen LogP contribution in [0.4, 0.5) is 5.82 Å². The van der Waals surface area contributed by atoms with Gasteiger partial charge in [-0.2, -0.15) is 0 Å². The number of hydrogen-bond donors (Lipinski definition) is 2. The van der Waals surface area contributed by atoms with E-state index < -0.39 is 0 Å². The van der Waals surface area contributed by atoms with Crippen molar-refractivity contribution in [2.45, 2.75) is 55.6 Å². The van der Waals surface area contributed by atoms with Gasteiger partial charge in [0.05, 0.1) is 22.2 Å². The Kier molecular flexibility index (Phi) is 6.07. The van der Waals surface area contributed by atoms with Gasteiger partial charge >= 0.3 is 0 Å². The molecular weight excluding hydrogens is 448 g/mol. The summed E-state index contributed by atoms with van der Waals surface area (Å²) in [5.41, 5.74) is 2.39. The van der Waals surface area contributed by atoms with E-state index >= 15 is 0 Å². The number of hydrogen-bond acceptors (Lipinski definition) is 9. The van der Waals surface area contributed by atoms with E-state index in [0.29, 0.717) is 34.0 Å². The van der Waals surface area contributed by atoms with E-state index in [1.165, 1.54) is 11.8 Å². The number of halogens is 1. The van der Waals surface area contributed by atoms with Crippen molar-refractivity contribution in [3.05, 3.63) is 28.3 Å². The molecule has 11 heteroatoms. The molecule has 3 aromatic rings. The summed E-state index contributed by atoms with van der Waals surface area (Å²) in [7, 11) is 0. The molecule has 0 spiro atoms. The number of ether oxygens (including phenoxy) is 1. The van der Waals surface area contributed by atoms with Crippen LogP contribution in [-0.4, -0.2) is 56.6 Å². The van der Waals surface area contributed by atoms with E-state index in [4.69, 9.17) is 26.3 Å². The van der Waals surface area contributed by atoms with E-state index in [1.54, 1.807) is 12.4 Å². The molecule has 1 fully saturated rings. The molecule has 2 aliphatic rings. The standard InChI is InChI=1S/C21H23ClN8OS/c1-3-13-17(22)16-19(25-10-12-5-4-8-31-12)29-21(30-20(16)28-13)32-15-9-14(26-11(2)27-15)18-23-6-7-24-18/h6-7,9,12,18H,3-5,8,10H2,1-2H3,(H2,25,28,29,30). The Hall–Kier alpha value is -2.56. The molecule has 5 rings (SSSR count). The highest BCUT2D eigenvalue weighted by atomic mass is 35.5. The Morgan fingerprint density at radius 2 is 2.06 bits per heavy atom. The topological polar surface area (TPSA) is 113 Å². The lowest BCUT2D eigenvalue weighted by molar-refractivity contribution is 0.120. The minimum atomic E-state index is -0.322. The molecule has 1 unspecified atom stereocenters. The predicted molar refractivity (Wildman–Crippen MR) is 126 cm³/mol. The number of H-pyrrole nitrogens is 1. The molecule has 2 N–H and O–H groups in total. The Labute approximate surface area is 194 Å². The molecule has 3 aromatic heterocycles. The number of aromatic amines is 1. The summed E-state index contributed by atoms with van der Waals surface area (Å²) in [6.45, 7) is 5.39. The number of rotatable bonds is 7. The van der Waals surface area contributed by atoms with E-state index in [1.807, 2.05) is 13.0 Å². The van der Waals surface area contributed by atoms with Crippen LogP contribution in [0.5, 0.6) is 0 Å². The summed E-state index contributed by atoms with van der Waals surface area (Å²) in [6, 6.07) is 1.88. The van der Waals surface area contributed by atoms with Crippen molar-refractivity contribution in [2.24, 2.45) is 9.98 Å².